The van der Waals surface area contributed by atoms with Crippen molar-refractivity contribution in [1.29, 1.82) is 0 Å². The van der Waals surface area contributed by atoms with E-state index >= 15 is 0 Å². The van der Waals surface area contributed by atoms with Crippen molar-refractivity contribution >= 4 is 0 Å². The first-order valence-electron chi connectivity index (χ1n) is 7.61. The van der Waals surface area contributed by atoms with Gasteiger partial charge in [0.2, 0.25) is 0 Å². The molecule has 19 heavy (non-hydrogen) atoms. The molecule has 0 spiro atoms. The quantitative estimate of drug-likeness (QED) is 0.843. The third-order valence-electron chi connectivity index (χ3n) is 4.33. The van der Waals surface area contributed by atoms with Crippen LogP contribution in [-0.4, -0.2) is 25.0 Å². The van der Waals surface area contributed by atoms with Crippen LogP contribution in [0.3, 0.4) is 0 Å². The Labute approximate surface area is 118 Å². The minimum Gasteiger partial charge on any atom is -0.310 e. The average molecular weight is 260 g/mol. The van der Waals surface area contributed by atoms with E-state index in [0.29, 0.717) is 6.04 Å². The summed E-state index contributed by atoms with van der Waals surface area (Å²) in [7, 11) is 4.26. The van der Waals surface area contributed by atoms with Crippen LogP contribution in [0.25, 0.3) is 0 Å². The van der Waals surface area contributed by atoms with Crippen LogP contribution in [0.4, 0.5) is 0 Å². The summed E-state index contributed by atoms with van der Waals surface area (Å²) in [4.78, 5) is 2.24. The second-order valence-electron chi connectivity index (χ2n) is 6.22. The number of hydrogen-bond donors (Lipinski definition) is 1. The van der Waals surface area contributed by atoms with Gasteiger partial charge < -0.3 is 10.2 Å². The Hall–Kier alpha value is -0.860. The Bertz CT molecular complexity index is 381. The Balaban J connectivity index is 1.91. The SMILES string of the molecule is CC(NCc1ccccc1CN(C)C)C1CCCC1. The van der Waals surface area contributed by atoms with Gasteiger partial charge >= 0.3 is 0 Å². The third kappa shape index (κ3) is 4.32. The molecule has 0 aliphatic heterocycles. The molecule has 106 valence electrons. The molecule has 1 aromatic rings. The van der Waals surface area contributed by atoms with Crippen LogP contribution < -0.4 is 5.32 Å². The van der Waals surface area contributed by atoms with Crippen molar-refractivity contribution in [2.45, 2.75) is 51.7 Å². The van der Waals surface area contributed by atoms with Gasteiger partial charge in [-0.2, -0.15) is 0 Å². The topological polar surface area (TPSA) is 15.3 Å². The maximum absolute atomic E-state index is 3.74. The van der Waals surface area contributed by atoms with Crippen molar-refractivity contribution in [1.82, 2.24) is 10.2 Å². The van der Waals surface area contributed by atoms with Crippen molar-refractivity contribution in [3.8, 4) is 0 Å². The van der Waals surface area contributed by atoms with Crippen LogP contribution in [0.15, 0.2) is 24.3 Å². The fourth-order valence-electron chi connectivity index (χ4n) is 3.12. The fourth-order valence-corrected chi connectivity index (χ4v) is 3.12. The highest BCUT2D eigenvalue weighted by Crippen LogP contribution is 2.27. The summed E-state index contributed by atoms with van der Waals surface area (Å²) >= 11 is 0. The van der Waals surface area contributed by atoms with E-state index in [1.807, 2.05) is 0 Å². The second kappa shape index (κ2) is 7.06. The van der Waals surface area contributed by atoms with Crippen LogP contribution in [0, 0.1) is 5.92 Å². The average Bonchev–Trinajstić information content (AvgIpc) is 2.90. The van der Waals surface area contributed by atoms with Crippen molar-refractivity contribution in [3.63, 3.8) is 0 Å². The summed E-state index contributed by atoms with van der Waals surface area (Å²) in [5, 5.41) is 3.74. The molecule has 1 aliphatic carbocycles. The van der Waals surface area contributed by atoms with Gasteiger partial charge in [0.1, 0.15) is 0 Å². The molecule has 1 aromatic carbocycles. The second-order valence-corrected chi connectivity index (χ2v) is 6.22. The summed E-state index contributed by atoms with van der Waals surface area (Å²) in [5.41, 5.74) is 2.89. The zero-order valence-electron chi connectivity index (χ0n) is 12.7. The lowest BCUT2D eigenvalue weighted by molar-refractivity contribution is 0.375. The number of benzene rings is 1. The third-order valence-corrected chi connectivity index (χ3v) is 4.33. The van der Waals surface area contributed by atoms with E-state index in [2.05, 4.69) is 55.5 Å². The Morgan fingerprint density at radius 1 is 1.16 bits per heavy atom. The molecule has 1 fully saturated rings. The van der Waals surface area contributed by atoms with Gasteiger partial charge in [-0.25, -0.2) is 0 Å². The van der Waals surface area contributed by atoms with Crippen LogP contribution in [-0.2, 0) is 13.1 Å². The summed E-state index contributed by atoms with van der Waals surface area (Å²) in [6.07, 6.45) is 5.67. The highest BCUT2D eigenvalue weighted by molar-refractivity contribution is 5.27. The van der Waals surface area contributed by atoms with Crippen LogP contribution in [0.2, 0.25) is 0 Å². The maximum atomic E-state index is 3.74. The van der Waals surface area contributed by atoms with Gasteiger partial charge in [-0.05, 0) is 50.9 Å². The van der Waals surface area contributed by atoms with E-state index in [0.717, 1.165) is 19.0 Å². The predicted molar refractivity (Wildman–Crippen MR) is 82.1 cm³/mol. The molecule has 1 atom stereocenters. The van der Waals surface area contributed by atoms with E-state index in [4.69, 9.17) is 0 Å². The molecule has 0 amide bonds. The van der Waals surface area contributed by atoms with Gasteiger partial charge in [0.25, 0.3) is 0 Å². The summed E-state index contributed by atoms with van der Waals surface area (Å²) in [6, 6.07) is 9.44. The van der Waals surface area contributed by atoms with Gasteiger partial charge in [0, 0.05) is 19.1 Å². The number of hydrogen-bond acceptors (Lipinski definition) is 2. The van der Waals surface area contributed by atoms with Crippen LogP contribution in [0.1, 0.15) is 43.7 Å². The molecule has 0 aromatic heterocycles. The van der Waals surface area contributed by atoms with E-state index in [9.17, 15) is 0 Å². The molecule has 1 saturated carbocycles. The molecule has 2 rings (SSSR count). The number of nitrogens with zero attached hydrogens (tertiary/aromatic N) is 1. The monoisotopic (exact) mass is 260 g/mol. The summed E-state index contributed by atoms with van der Waals surface area (Å²) in [6.45, 7) is 4.38. The van der Waals surface area contributed by atoms with Gasteiger partial charge in [0.15, 0.2) is 0 Å². The minimum absolute atomic E-state index is 0.648. The van der Waals surface area contributed by atoms with Crippen molar-refractivity contribution in [2.75, 3.05) is 14.1 Å². The molecular weight excluding hydrogens is 232 g/mol. The first-order chi connectivity index (χ1) is 9.16. The summed E-state index contributed by atoms with van der Waals surface area (Å²) in [5.74, 6) is 0.890. The Morgan fingerprint density at radius 3 is 2.42 bits per heavy atom. The van der Waals surface area contributed by atoms with E-state index in [-0.39, 0.29) is 0 Å². The van der Waals surface area contributed by atoms with Crippen molar-refractivity contribution < 1.29 is 0 Å². The van der Waals surface area contributed by atoms with Gasteiger partial charge in [-0.15, -0.1) is 0 Å². The van der Waals surface area contributed by atoms with E-state index in [1.165, 1.54) is 36.8 Å². The lowest BCUT2D eigenvalue weighted by Crippen LogP contribution is -2.32. The van der Waals surface area contributed by atoms with Crippen LogP contribution in [0.5, 0.6) is 0 Å². The molecule has 2 heteroatoms. The lowest BCUT2D eigenvalue weighted by atomic mass is 9.99. The first kappa shape index (κ1) is 14.5. The van der Waals surface area contributed by atoms with Gasteiger partial charge in [-0.3, -0.25) is 0 Å². The maximum Gasteiger partial charge on any atom is 0.0230 e. The standard InChI is InChI=1S/C17H28N2/c1-14(15-8-4-5-9-15)18-12-16-10-6-7-11-17(16)13-19(2)3/h6-7,10-11,14-15,18H,4-5,8-9,12-13H2,1-3H3. The number of nitrogens with one attached hydrogen (secondary N) is 1. The largest absolute Gasteiger partial charge is 0.310 e. The zero-order chi connectivity index (χ0) is 13.7. The Kier molecular flexibility index (Phi) is 5.41. The van der Waals surface area contributed by atoms with E-state index < -0.39 is 0 Å². The molecule has 1 aliphatic rings. The Morgan fingerprint density at radius 2 is 1.79 bits per heavy atom. The molecular formula is C17H28N2. The first-order valence-corrected chi connectivity index (χ1v) is 7.61. The minimum atomic E-state index is 0.648. The molecule has 0 saturated heterocycles. The van der Waals surface area contributed by atoms with Gasteiger partial charge in [0.05, 0.1) is 0 Å². The van der Waals surface area contributed by atoms with Gasteiger partial charge in [-0.1, -0.05) is 37.1 Å². The molecule has 0 bridgehead atoms. The molecule has 2 nitrogen and oxygen atoms in total. The zero-order valence-corrected chi connectivity index (χ0v) is 12.7. The smallest absolute Gasteiger partial charge is 0.0230 e. The molecule has 1 N–H and O–H groups in total. The molecule has 1 unspecified atom stereocenters. The predicted octanol–water partition coefficient (Wildman–Crippen LogP) is 3.42. The highest BCUT2D eigenvalue weighted by Gasteiger charge is 2.21. The highest BCUT2D eigenvalue weighted by atomic mass is 15.0. The van der Waals surface area contributed by atoms with Crippen molar-refractivity contribution in [2.24, 2.45) is 5.92 Å². The normalized spacial score (nSPS) is 18.1. The number of rotatable bonds is 6. The lowest BCUT2D eigenvalue weighted by Gasteiger charge is -2.22. The molecule has 0 radical (unpaired) electrons. The summed E-state index contributed by atoms with van der Waals surface area (Å²) < 4.78 is 0. The van der Waals surface area contributed by atoms with Crippen molar-refractivity contribution in [3.05, 3.63) is 35.4 Å². The van der Waals surface area contributed by atoms with Crippen LogP contribution >= 0.6 is 0 Å². The molecule has 0 heterocycles. The fraction of sp³-hybridized carbons (Fsp3) is 0.647. The van der Waals surface area contributed by atoms with E-state index in [1.54, 1.807) is 0 Å².